The minimum Gasteiger partial charge on any atom is -0.301 e. The van der Waals surface area contributed by atoms with Gasteiger partial charge in [0.2, 0.25) is 0 Å². The fraction of sp³-hybridized carbons (Fsp3) is 0. The van der Waals surface area contributed by atoms with Gasteiger partial charge in [0.25, 0.3) is 0 Å². The lowest BCUT2D eigenvalue weighted by molar-refractivity contribution is 0.584. The van der Waals surface area contributed by atoms with Gasteiger partial charge in [-0.25, -0.2) is 13.2 Å². The lowest BCUT2D eigenvalue weighted by Crippen LogP contribution is -2.08. The van der Waals surface area contributed by atoms with Crippen LogP contribution in [0.5, 0.6) is 0 Å². The smallest absolute Gasteiger partial charge is 0.128 e. The third-order valence-corrected chi connectivity index (χ3v) is 2.06. The first kappa shape index (κ1) is 11.3. The Morgan fingerprint density at radius 2 is 1.12 bits per heavy atom. The van der Waals surface area contributed by atoms with Gasteiger partial charge in [0.05, 0.1) is 11.4 Å². The molecule has 0 spiro atoms. The van der Waals surface area contributed by atoms with E-state index in [-0.39, 0.29) is 11.5 Å². The van der Waals surface area contributed by atoms with Crippen LogP contribution in [0.25, 0.3) is 0 Å². The quantitative estimate of drug-likeness (QED) is 0.799. The number of hydrogen-bond acceptors (Lipinski definition) is 2. The van der Waals surface area contributed by atoms with Crippen molar-refractivity contribution in [1.82, 2.24) is 0 Å². The first-order valence-corrected chi connectivity index (χ1v) is 4.87. The number of nitrogens with one attached hydrogen (secondary N) is 2. The maximum Gasteiger partial charge on any atom is 0.128 e. The summed E-state index contributed by atoms with van der Waals surface area (Å²) in [6.07, 6.45) is 0. The van der Waals surface area contributed by atoms with E-state index in [1.165, 1.54) is 24.3 Å². The van der Waals surface area contributed by atoms with Crippen molar-refractivity contribution in [3.05, 3.63) is 59.9 Å². The summed E-state index contributed by atoms with van der Waals surface area (Å²) in [4.78, 5) is 0. The molecule has 0 aliphatic rings. The van der Waals surface area contributed by atoms with E-state index >= 15 is 0 Å². The number of anilines is 2. The zero-order valence-corrected chi connectivity index (χ0v) is 8.68. The summed E-state index contributed by atoms with van der Waals surface area (Å²) in [5.74, 6) is -1.70. The number of halogens is 3. The molecule has 0 bridgehead atoms. The Morgan fingerprint density at radius 1 is 0.588 bits per heavy atom. The van der Waals surface area contributed by atoms with E-state index < -0.39 is 11.6 Å². The maximum absolute atomic E-state index is 12.8. The molecule has 0 atom stereocenters. The fourth-order valence-corrected chi connectivity index (χ4v) is 1.30. The standard InChI is InChI=1S/C12H9F3N2/c13-8-1-3-11(4-2-8)16-17-12-6-9(14)5-10(15)7-12/h1-7,16-17H. The zero-order valence-electron chi connectivity index (χ0n) is 8.68. The molecule has 0 heterocycles. The van der Waals surface area contributed by atoms with Gasteiger partial charge in [0.15, 0.2) is 0 Å². The molecule has 0 saturated heterocycles. The van der Waals surface area contributed by atoms with Crippen LogP contribution in [0.1, 0.15) is 0 Å². The van der Waals surface area contributed by atoms with Crippen LogP contribution in [0, 0.1) is 17.5 Å². The molecule has 0 amide bonds. The van der Waals surface area contributed by atoms with Crippen molar-refractivity contribution in [3.63, 3.8) is 0 Å². The summed E-state index contributed by atoms with van der Waals surface area (Å²) >= 11 is 0. The Labute approximate surface area is 96.1 Å². The fourth-order valence-electron chi connectivity index (χ4n) is 1.30. The van der Waals surface area contributed by atoms with E-state index in [9.17, 15) is 13.2 Å². The van der Waals surface area contributed by atoms with Crippen molar-refractivity contribution in [2.75, 3.05) is 10.9 Å². The lowest BCUT2D eigenvalue weighted by atomic mass is 10.3. The minimum atomic E-state index is -0.673. The Morgan fingerprint density at radius 3 is 1.71 bits per heavy atom. The molecule has 0 aromatic heterocycles. The molecule has 2 nitrogen and oxygen atoms in total. The Kier molecular flexibility index (Phi) is 3.18. The molecule has 88 valence electrons. The highest BCUT2D eigenvalue weighted by atomic mass is 19.1. The largest absolute Gasteiger partial charge is 0.301 e. The molecule has 2 aromatic rings. The number of benzene rings is 2. The van der Waals surface area contributed by atoms with Crippen LogP contribution in [0.4, 0.5) is 24.5 Å². The van der Waals surface area contributed by atoms with Crippen LogP contribution in [-0.2, 0) is 0 Å². The first-order chi connectivity index (χ1) is 8.13. The molecular formula is C12H9F3N2. The van der Waals surface area contributed by atoms with E-state index in [1.54, 1.807) is 0 Å². The van der Waals surface area contributed by atoms with Crippen LogP contribution < -0.4 is 10.9 Å². The van der Waals surface area contributed by atoms with Gasteiger partial charge < -0.3 is 10.9 Å². The summed E-state index contributed by atoms with van der Waals surface area (Å²) in [6, 6.07) is 8.60. The average molecular weight is 238 g/mol. The van der Waals surface area contributed by atoms with Gasteiger partial charge in [0.1, 0.15) is 17.5 Å². The summed E-state index contributed by atoms with van der Waals surface area (Å²) in [6.45, 7) is 0. The highest BCUT2D eigenvalue weighted by Gasteiger charge is 1.99. The van der Waals surface area contributed by atoms with Crippen LogP contribution in [0.2, 0.25) is 0 Å². The lowest BCUT2D eigenvalue weighted by Gasteiger charge is -2.09. The maximum atomic E-state index is 12.8. The molecule has 0 aliphatic carbocycles. The van der Waals surface area contributed by atoms with Crippen molar-refractivity contribution in [2.24, 2.45) is 0 Å². The van der Waals surface area contributed by atoms with Gasteiger partial charge in [-0.2, -0.15) is 0 Å². The molecule has 2 rings (SSSR count). The second kappa shape index (κ2) is 4.78. The van der Waals surface area contributed by atoms with Crippen molar-refractivity contribution in [3.8, 4) is 0 Å². The molecule has 2 aromatic carbocycles. The Hall–Kier alpha value is -2.17. The molecule has 0 unspecified atom stereocenters. The summed E-state index contributed by atoms with van der Waals surface area (Å²) in [5.41, 5.74) is 6.12. The second-order valence-corrected chi connectivity index (χ2v) is 3.42. The van der Waals surface area contributed by atoms with Crippen molar-refractivity contribution in [1.29, 1.82) is 0 Å². The molecular weight excluding hydrogens is 229 g/mol. The molecule has 5 heteroatoms. The molecule has 17 heavy (non-hydrogen) atoms. The zero-order chi connectivity index (χ0) is 12.3. The highest BCUT2D eigenvalue weighted by Crippen LogP contribution is 2.14. The topological polar surface area (TPSA) is 24.1 Å². The second-order valence-electron chi connectivity index (χ2n) is 3.42. The van der Waals surface area contributed by atoms with E-state index in [4.69, 9.17) is 0 Å². The molecule has 0 aliphatic heterocycles. The minimum absolute atomic E-state index is 0.242. The summed E-state index contributed by atoms with van der Waals surface area (Å²) in [5, 5.41) is 0. The molecule has 2 N–H and O–H groups in total. The third-order valence-electron chi connectivity index (χ3n) is 2.06. The summed E-state index contributed by atoms with van der Waals surface area (Å²) < 4.78 is 38.3. The molecule has 0 radical (unpaired) electrons. The number of hydrogen-bond donors (Lipinski definition) is 2. The summed E-state index contributed by atoms with van der Waals surface area (Å²) in [7, 11) is 0. The van der Waals surface area contributed by atoms with Crippen molar-refractivity contribution >= 4 is 11.4 Å². The number of rotatable bonds is 3. The van der Waals surface area contributed by atoms with Crippen LogP contribution >= 0.6 is 0 Å². The normalized spacial score (nSPS) is 10.1. The van der Waals surface area contributed by atoms with Gasteiger partial charge in [-0.3, -0.25) is 0 Å². The predicted molar refractivity (Wildman–Crippen MR) is 60.0 cm³/mol. The van der Waals surface area contributed by atoms with Gasteiger partial charge in [0, 0.05) is 6.07 Å². The number of hydrazine groups is 1. The van der Waals surface area contributed by atoms with E-state index in [0.717, 1.165) is 18.2 Å². The molecule has 0 saturated carbocycles. The Bertz CT molecular complexity index is 491. The van der Waals surface area contributed by atoms with Crippen LogP contribution in [0.15, 0.2) is 42.5 Å². The van der Waals surface area contributed by atoms with Crippen LogP contribution in [-0.4, -0.2) is 0 Å². The van der Waals surface area contributed by atoms with Gasteiger partial charge in [-0.1, -0.05) is 0 Å². The van der Waals surface area contributed by atoms with Crippen LogP contribution in [0.3, 0.4) is 0 Å². The first-order valence-electron chi connectivity index (χ1n) is 4.87. The van der Waals surface area contributed by atoms with Crippen molar-refractivity contribution in [2.45, 2.75) is 0 Å². The SMILES string of the molecule is Fc1ccc(NNc2cc(F)cc(F)c2)cc1. The van der Waals surface area contributed by atoms with E-state index in [2.05, 4.69) is 10.9 Å². The van der Waals surface area contributed by atoms with Gasteiger partial charge in [-0.15, -0.1) is 0 Å². The third kappa shape index (κ3) is 3.14. The predicted octanol–water partition coefficient (Wildman–Crippen LogP) is 3.54. The van der Waals surface area contributed by atoms with Gasteiger partial charge in [-0.05, 0) is 36.4 Å². The van der Waals surface area contributed by atoms with Crippen molar-refractivity contribution < 1.29 is 13.2 Å². The average Bonchev–Trinajstić information content (AvgIpc) is 2.27. The van der Waals surface area contributed by atoms with E-state index in [0.29, 0.717) is 5.69 Å². The molecule has 0 fully saturated rings. The van der Waals surface area contributed by atoms with Gasteiger partial charge >= 0.3 is 0 Å². The van der Waals surface area contributed by atoms with E-state index in [1.807, 2.05) is 0 Å². The monoisotopic (exact) mass is 238 g/mol. The highest BCUT2D eigenvalue weighted by molar-refractivity contribution is 5.52. The Balaban J connectivity index is 2.04.